The minimum atomic E-state index is -3.17. The number of aromatic nitrogens is 2. The smallest absolute Gasteiger partial charge is 0.232 e. The van der Waals surface area contributed by atoms with E-state index in [2.05, 4.69) is 9.97 Å². The molecule has 1 aromatic heterocycles. The van der Waals surface area contributed by atoms with Crippen LogP contribution >= 0.6 is 0 Å². The SMILES string of the molecule is O=S(=O)(C1CCCCC1)N1CC[C@H](Oc2cnccn2)C1. The van der Waals surface area contributed by atoms with Crippen LogP contribution in [0.3, 0.4) is 0 Å². The highest BCUT2D eigenvalue weighted by Gasteiger charge is 2.38. The molecule has 6 nitrogen and oxygen atoms in total. The average Bonchev–Trinajstić information content (AvgIpc) is 2.98. The van der Waals surface area contributed by atoms with Crippen LogP contribution in [0.25, 0.3) is 0 Å². The lowest BCUT2D eigenvalue weighted by atomic mass is 10.0. The van der Waals surface area contributed by atoms with Crippen LogP contribution in [0.4, 0.5) is 0 Å². The fourth-order valence-electron chi connectivity index (χ4n) is 3.12. The number of nitrogens with zero attached hydrogens (tertiary/aromatic N) is 3. The molecule has 1 saturated heterocycles. The van der Waals surface area contributed by atoms with E-state index in [0.29, 0.717) is 25.4 Å². The van der Waals surface area contributed by atoms with E-state index in [1.165, 1.54) is 0 Å². The lowest BCUT2D eigenvalue weighted by Crippen LogP contribution is -2.39. The molecule has 116 valence electrons. The van der Waals surface area contributed by atoms with Crippen molar-refractivity contribution in [2.24, 2.45) is 0 Å². The Hall–Kier alpha value is -1.21. The molecule has 0 unspecified atom stereocenters. The zero-order valence-corrected chi connectivity index (χ0v) is 12.8. The van der Waals surface area contributed by atoms with E-state index in [4.69, 9.17) is 4.74 Å². The number of sulfonamides is 1. The maximum Gasteiger partial charge on any atom is 0.232 e. The Kier molecular flexibility index (Phi) is 4.40. The van der Waals surface area contributed by atoms with Gasteiger partial charge in [-0.25, -0.2) is 13.4 Å². The zero-order valence-electron chi connectivity index (χ0n) is 12.0. The van der Waals surface area contributed by atoms with E-state index < -0.39 is 10.0 Å². The van der Waals surface area contributed by atoms with Gasteiger partial charge in [-0.15, -0.1) is 0 Å². The number of rotatable bonds is 4. The molecular weight excluding hydrogens is 290 g/mol. The second kappa shape index (κ2) is 6.27. The topological polar surface area (TPSA) is 72.4 Å². The van der Waals surface area contributed by atoms with Gasteiger partial charge in [0.15, 0.2) is 0 Å². The van der Waals surface area contributed by atoms with Crippen molar-refractivity contribution in [1.29, 1.82) is 0 Å². The van der Waals surface area contributed by atoms with Crippen LogP contribution < -0.4 is 4.74 Å². The third-order valence-corrected chi connectivity index (χ3v) is 6.63. The van der Waals surface area contributed by atoms with Gasteiger partial charge in [0.2, 0.25) is 15.9 Å². The van der Waals surface area contributed by atoms with Crippen molar-refractivity contribution in [2.45, 2.75) is 49.9 Å². The van der Waals surface area contributed by atoms with Gasteiger partial charge in [0.25, 0.3) is 0 Å². The molecule has 21 heavy (non-hydrogen) atoms. The summed E-state index contributed by atoms with van der Waals surface area (Å²) in [5, 5.41) is -0.193. The van der Waals surface area contributed by atoms with Crippen molar-refractivity contribution < 1.29 is 13.2 Å². The van der Waals surface area contributed by atoms with Gasteiger partial charge >= 0.3 is 0 Å². The molecule has 2 fully saturated rings. The molecule has 2 aliphatic rings. The van der Waals surface area contributed by atoms with Crippen LogP contribution in [-0.4, -0.2) is 47.1 Å². The molecule has 0 radical (unpaired) electrons. The second-order valence-electron chi connectivity index (χ2n) is 5.74. The highest BCUT2D eigenvalue weighted by atomic mass is 32.2. The van der Waals surface area contributed by atoms with E-state index in [1.807, 2.05) is 0 Å². The average molecular weight is 311 g/mol. The van der Waals surface area contributed by atoms with E-state index in [9.17, 15) is 8.42 Å². The Morgan fingerprint density at radius 2 is 1.95 bits per heavy atom. The second-order valence-corrected chi connectivity index (χ2v) is 7.95. The molecule has 0 amide bonds. The predicted octanol–water partition coefficient (Wildman–Crippen LogP) is 1.59. The largest absolute Gasteiger partial charge is 0.472 e. The number of hydrogen-bond acceptors (Lipinski definition) is 5. The first-order valence-corrected chi connectivity index (χ1v) is 9.08. The Morgan fingerprint density at radius 1 is 1.14 bits per heavy atom. The summed E-state index contributed by atoms with van der Waals surface area (Å²) in [5.74, 6) is 0.458. The zero-order chi connectivity index (χ0) is 14.7. The molecule has 1 aliphatic carbocycles. The van der Waals surface area contributed by atoms with Crippen LogP contribution in [0.15, 0.2) is 18.6 Å². The Balaban J connectivity index is 1.61. The molecule has 3 rings (SSSR count). The molecule has 0 spiro atoms. The number of hydrogen-bond donors (Lipinski definition) is 0. The standard InChI is InChI=1S/C14H21N3O3S/c18-21(19,13-4-2-1-3-5-13)17-9-6-12(11-17)20-14-10-15-7-8-16-14/h7-8,10,12-13H,1-6,9,11H2/t12-/m0/s1. The third-order valence-electron chi connectivity index (χ3n) is 4.27. The van der Waals surface area contributed by atoms with E-state index in [0.717, 1.165) is 32.1 Å². The van der Waals surface area contributed by atoms with E-state index in [-0.39, 0.29) is 11.4 Å². The Labute approximate surface area is 125 Å². The van der Waals surface area contributed by atoms with Crippen molar-refractivity contribution in [3.8, 4) is 5.88 Å². The van der Waals surface area contributed by atoms with Gasteiger partial charge < -0.3 is 4.74 Å². The molecule has 7 heteroatoms. The van der Waals surface area contributed by atoms with Crippen molar-refractivity contribution in [3.63, 3.8) is 0 Å². The molecule has 0 aromatic carbocycles. The van der Waals surface area contributed by atoms with Crippen LogP contribution in [0.1, 0.15) is 38.5 Å². The molecule has 1 aliphatic heterocycles. The monoisotopic (exact) mass is 311 g/mol. The maximum absolute atomic E-state index is 12.6. The van der Waals surface area contributed by atoms with Gasteiger partial charge in [0, 0.05) is 18.9 Å². The van der Waals surface area contributed by atoms with Gasteiger partial charge in [-0.1, -0.05) is 19.3 Å². The Morgan fingerprint density at radius 3 is 2.67 bits per heavy atom. The Bertz CT molecular complexity index is 558. The van der Waals surface area contributed by atoms with Crippen LogP contribution in [0.2, 0.25) is 0 Å². The first kappa shape index (κ1) is 14.7. The van der Waals surface area contributed by atoms with Crippen molar-refractivity contribution in [3.05, 3.63) is 18.6 Å². The summed E-state index contributed by atoms with van der Waals surface area (Å²) in [6.07, 6.45) is 10.1. The highest BCUT2D eigenvalue weighted by molar-refractivity contribution is 7.89. The molecule has 0 N–H and O–H groups in total. The summed E-state index contributed by atoms with van der Waals surface area (Å²) in [7, 11) is -3.17. The van der Waals surface area contributed by atoms with Crippen LogP contribution in [0.5, 0.6) is 5.88 Å². The molecule has 1 aromatic rings. The molecule has 1 saturated carbocycles. The lowest BCUT2D eigenvalue weighted by Gasteiger charge is -2.26. The summed E-state index contributed by atoms with van der Waals surface area (Å²) < 4.78 is 32.6. The van der Waals surface area contributed by atoms with Crippen molar-refractivity contribution in [1.82, 2.24) is 14.3 Å². The van der Waals surface area contributed by atoms with Gasteiger partial charge in [0.05, 0.1) is 18.0 Å². The van der Waals surface area contributed by atoms with Gasteiger partial charge in [0.1, 0.15) is 6.10 Å². The van der Waals surface area contributed by atoms with Gasteiger partial charge in [-0.3, -0.25) is 4.98 Å². The van der Waals surface area contributed by atoms with Crippen LogP contribution in [0, 0.1) is 0 Å². The predicted molar refractivity (Wildman–Crippen MR) is 78.4 cm³/mol. The van der Waals surface area contributed by atoms with Crippen LogP contribution in [-0.2, 0) is 10.0 Å². The van der Waals surface area contributed by atoms with E-state index >= 15 is 0 Å². The van der Waals surface area contributed by atoms with Gasteiger partial charge in [-0.2, -0.15) is 4.31 Å². The first-order chi connectivity index (χ1) is 10.2. The van der Waals surface area contributed by atoms with Crippen molar-refractivity contribution >= 4 is 10.0 Å². The summed E-state index contributed by atoms with van der Waals surface area (Å²) in [6, 6.07) is 0. The first-order valence-electron chi connectivity index (χ1n) is 7.58. The van der Waals surface area contributed by atoms with E-state index in [1.54, 1.807) is 22.9 Å². The number of ether oxygens (including phenoxy) is 1. The molecular formula is C14H21N3O3S. The fraction of sp³-hybridized carbons (Fsp3) is 0.714. The minimum Gasteiger partial charge on any atom is -0.472 e. The summed E-state index contributed by atoms with van der Waals surface area (Å²) in [6.45, 7) is 0.971. The quantitative estimate of drug-likeness (QED) is 0.844. The highest BCUT2D eigenvalue weighted by Crippen LogP contribution is 2.28. The molecule has 0 bridgehead atoms. The fourth-order valence-corrected chi connectivity index (χ4v) is 5.20. The normalized spacial score (nSPS) is 25.0. The summed E-state index contributed by atoms with van der Waals surface area (Å²) in [5.41, 5.74) is 0. The molecule has 2 heterocycles. The summed E-state index contributed by atoms with van der Waals surface area (Å²) in [4.78, 5) is 8.02. The summed E-state index contributed by atoms with van der Waals surface area (Å²) >= 11 is 0. The third kappa shape index (κ3) is 3.35. The van der Waals surface area contributed by atoms with Crippen molar-refractivity contribution in [2.75, 3.05) is 13.1 Å². The van der Waals surface area contributed by atoms with Gasteiger partial charge in [-0.05, 0) is 19.3 Å². The minimum absolute atomic E-state index is 0.125. The lowest BCUT2D eigenvalue weighted by molar-refractivity contribution is 0.205. The molecule has 1 atom stereocenters. The maximum atomic E-state index is 12.6.